The summed E-state index contributed by atoms with van der Waals surface area (Å²) in [5.74, 6) is 0.949. The summed E-state index contributed by atoms with van der Waals surface area (Å²) in [7, 11) is 0. The lowest BCUT2D eigenvalue weighted by atomic mass is 9.44. The quantitative estimate of drug-likeness (QED) is 0.238. The van der Waals surface area contributed by atoms with Crippen LogP contribution in [0.25, 0.3) is 0 Å². The van der Waals surface area contributed by atoms with E-state index in [0.29, 0.717) is 37.4 Å². The molecule has 19 atom stereocenters. The zero-order valence-electron chi connectivity index (χ0n) is 27.1. The second-order valence-corrected chi connectivity index (χ2v) is 17.1. The second kappa shape index (κ2) is 9.49. The van der Waals surface area contributed by atoms with E-state index in [2.05, 4.69) is 13.8 Å². The number of aliphatic hydroxyl groups excluding tert-OH is 5. The number of aliphatic hydroxyl groups is 6. The van der Waals surface area contributed by atoms with Crippen LogP contribution < -0.4 is 0 Å². The molecule has 45 heavy (non-hydrogen) atoms. The van der Waals surface area contributed by atoms with Crippen molar-refractivity contribution in [3.63, 3.8) is 0 Å². The zero-order chi connectivity index (χ0) is 32.3. The third kappa shape index (κ3) is 3.64. The molecule has 6 N–H and O–H groups in total. The molecule has 0 aromatic rings. The van der Waals surface area contributed by atoms with Crippen LogP contribution in [-0.4, -0.2) is 109 Å². The van der Waals surface area contributed by atoms with Crippen LogP contribution >= 0.6 is 0 Å². The third-order valence-electron chi connectivity index (χ3n) is 15.8. The lowest BCUT2D eigenvalue weighted by molar-refractivity contribution is -0.356. The predicted octanol–water partition coefficient (Wildman–Crippen LogP) is 1.03. The molecule has 8 fully saturated rings. The molecule has 3 heterocycles. The Labute approximate surface area is 264 Å². The van der Waals surface area contributed by atoms with Crippen molar-refractivity contribution >= 4 is 5.78 Å². The predicted molar refractivity (Wildman–Crippen MR) is 156 cm³/mol. The van der Waals surface area contributed by atoms with Crippen LogP contribution in [0.2, 0.25) is 0 Å². The minimum atomic E-state index is -1.58. The van der Waals surface area contributed by atoms with Crippen molar-refractivity contribution in [1.82, 2.24) is 0 Å². The van der Waals surface area contributed by atoms with E-state index in [9.17, 15) is 35.4 Å². The number of ether oxygens (including phenoxy) is 4. The summed E-state index contributed by atoms with van der Waals surface area (Å²) < 4.78 is 24.6. The molecule has 0 aromatic heterocycles. The van der Waals surface area contributed by atoms with E-state index in [-0.39, 0.29) is 29.1 Å². The van der Waals surface area contributed by atoms with Gasteiger partial charge in [0.25, 0.3) is 0 Å². The van der Waals surface area contributed by atoms with Crippen molar-refractivity contribution < 1.29 is 54.4 Å². The van der Waals surface area contributed by atoms with Gasteiger partial charge in [0.15, 0.2) is 12.6 Å². The molecule has 8 aliphatic rings. The van der Waals surface area contributed by atoms with Crippen molar-refractivity contribution in [3.05, 3.63) is 0 Å². The Balaban J connectivity index is 1.04. The number of epoxide rings is 1. The van der Waals surface area contributed by atoms with Gasteiger partial charge in [0.05, 0.1) is 24.4 Å². The Morgan fingerprint density at radius 2 is 1.67 bits per heavy atom. The van der Waals surface area contributed by atoms with Crippen molar-refractivity contribution in [2.45, 2.75) is 152 Å². The number of hydrogen-bond acceptors (Lipinski definition) is 11. The molecular formula is C34H52O11. The lowest BCUT2D eigenvalue weighted by Crippen LogP contribution is -2.63. The highest BCUT2D eigenvalue weighted by Crippen LogP contribution is 2.81. The summed E-state index contributed by atoms with van der Waals surface area (Å²) in [6.45, 7) is 9.66. The molecule has 0 aromatic carbocycles. The summed E-state index contributed by atoms with van der Waals surface area (Å²) in [6, 6.07) is 0. The van der Waals surface area contributed by atoms with Gasteiger partial charge in [-0.05, 0) is 81.5 Å². The first-order valence-electron chi connectivity index (χ1n) is 17.3. The fourth-order valence-electron chi connectivity index (χ4n) is 12.6. The van der Waals surface area contributed by atoms with E-state index in [0.717, 1.165) is 25.7 Å². The highest BCUT2D eigenvalue weighted by molar-refractivity contribution is 5.91. The molecule has 5 aliphatic carbocycles. The van der Waals surface area contributed by atoms with E-state index < -0.39 is 83.4 Å². The normalized spacial score (nSPS) is 63.6. The van der Waals surface area contributed by atoms with E-state index in [1.807, 2.05) is 20.8 Å². The van der Waals surface area contributed by atoms with Gasteiger partial charge in [-0.15, -0.1) is 0 Å². The SMILES string of the molecule is C[C@H]([C@H]1C[C@]2(C)O[C@]2(C)[C@H](O[C@@H]2O[C@H](CO)[C@@H](O)[C@H](O)[C@H]2O)O1)[C@@]1(O)CC[C@H]2[C@@H]3C[C@@H](O)[C@]45C[C@H]4CC(=O)[C@]5(C)[C@H]3CC[C@@]21C. The largest absolute Gasteiger partial charge is 0.394 e. The van der Waals surface area contributed by atoms with E-state index >= 15 is 0 Å². The maximum absolute atomic E-state index is 13.5. The second-order valence-electron chi connectivity index (χ2n) is 17.1. The van der Waals surface area contributed by atoms with Crippen LogP contribution in [0.15, 0.2) is 0 Å². The molecule has 0 radical (unpaired) electrons. The van der Waals surface area contributed by atoms with Crippen molar-refractivity contribution in [2.75, 3.05) is 6.61 Å². The maximum Gasteiger partial charge on any atom is 0.192 e. The van der Waals surface area contributed by atoms with Crippen LogP contribution in [0.5, 0.6) is 0 Å². The van der Waals surface area contributed by atoms with Gasteiger partial charge in [0, 0.05) is 29.6 Å². The van der Waals surface area contributed by atoms with Gasteiger partial charge in [0.1, 0.15) is 41.4 Å². The molecule has 5 saturated carbocycles. The average Bonchev–Trinajstić information content (AvgIpc) is 3.80. The van der Waals surface area contributed by atoms with Gasteiger partial charge in [-0.3, -0.25) is 4.79 Å². The first-order chi connectivity index (χ1) is 21.0. The Morgan fingerprint density at radius 1 is 0.956 bits per heavy atom. The highest BCUT2D eigenvalue weighted by Gasteiger charge is 2.81. The maximum atomic E-state index is 13.5. The number of carbonyl (C=O) groups excluding carboxylic acids is 1. The molecule has 11 heteroatoms. The fourth-order valence-corrected chi connectivity index (χ4v) is 12.6. The molecular weight excluding hydrogens is 584 g/mol. The molecule has 8 rings (SSSR count). The number of carbonyl (C=O) groups is 1. The molecule has 3 saturated heterocycles. The highest BCUT2D eigenvalue weighted by atomic mass is 16.8. The summed E-state index contributed by atoms with van der Waals surface area (Å²) in [5.41, 5.74) is -3.68. The first kappa shape index (κ1) is 31.5. The van der Waals surface area contributed by atoms with Crippen molar-refractivity contribution in [1.29, 1.82) is 0 Å². The van der Waals surface area contributed by atoms with Crippen LogP contribution in [0.3, 0.4) is 0 Å². The number of Topliss-reactive ketones (excluding diaryl/α,β-unsaturated/α-hetero) is 1. The van der Waals surface area contributed by atoms with Gasteiger partial charge < -0.3 is 49.6 Å². The topological polar surface area (TPSA) is 179 Å². The van der Waals surface area contributed by atoms with Crippen molar-refractivity contribution in [3.8, 4) is 0 Å². The Bertz CT molecular complexity index is 1260. The number of fused-ring (bicyclic) bond motifs is 5. The zero-order valence-corrected chi connectivity index (χ0v) is 27.1. The van der Waals surface area contributed by atoms with Crippen LogP contribution in [0.1, 0.15) is 86.0 Å². The molecule has 11 nitrogen and oxygen atoms in total. The Hall–Kier alpha value is -0.730. The minimum absolute atomic E-state index is 0.181. The fraction of sp³-hybridized carbons (Fsp3) is 0.971. The smallest absolute Gasteiger partial charge is 0.192 e. The summed E-state index contributed by atoms with van der Waals surface area (Å²) in [4.78, 5) is 13.5. The summed E-state index contributed by atoms with van der Waals surface area (Å²) >= 11 is 0. The molecule has 1 spiro atoms. The number of rotatable bonds is 5. The van der Waals surface area contributed by atoms with Crippen LogP contribution in [-0.2, 0) is 23.7 Å². The Kier molecular flexibility index (Phi) is 6.65. The van der Waals surface area contributed by atoms with Gasteiger partial charge in [-0.25, -0.2) is 0 Å². The molecule has 254 valence electrons. The number of hydrogen-bond donors (Lipinski definition) is 6. The van der Waals surface area contributed by atoms with Gasteiger partial charge >= 0.3 is 0 Å². The summed E-state index contributed by atoms with van der Waals surface area (Å²) in [6.07, 6.45) is -3.17. The van der Waals surface area contributed by atoms with E-state index in [1.165, 1.54) is 0 Å². The van der Waals surface area contributed by atoms with Gasteiger partial charge in [-0.2, -0.15) is 0 Å². The van der Waals surface area contributed by atoms with Crippen LogP contribution in [0, 0.1) is 45.8 Å². The van der Waals surface area contributed by atoms with Gasteiger partial charge in [0.2, 0.25) is 0 Å². The number of ketones is 1. The van der Waals surface area contributed by atoms with Gasteiger partial charge in [-0.1, -0.05) is 20.8 Å². The standard InChI is InChI=1S/C34H52O11/c1-15(20-13-30(3)32(5,45-30)28(43-20)44-27-26(40)25(39)24(38)21(14-35)42-27)34(41)9-7-18-17-11-23(37)33-12-16(33)10-22(36)31(33,4)19(17)6-8-29(18,34)2/h15-21,23-28,35,37-41H,6-14H2,1-5H3/t15-,16-,17+,18+,19+,20-,21-,23-,24-,25+,26-,27+,28+,29+,30+,31+,32-,33+,34+/m1/s1. The van der Waals surface area contributed by atoms with E-state index in [4.69, 9.17) is 18.9 Å². The van der Waals surface area contributed by atoms with E-state index in [1.54, 1.807) is 0 Å². The Morgan fingerprint density at radius 3 is 2.38 bits per heavy atom. The average molecular weight is 637 g/mol. The monoisotopic (exact) mass is 636 g/mol. The van der Waals surface area contributed by atoms with Crippen molar-refractivity contribution in [2.24, 2.45) is 45.8 Å². The molecule has 0 unspecified atom stereocenters. The van der Waals surface area contributed by atoms with Crippen LogP contribution in [0.4, 0.5) is 0 Å². The first-order valence-corrected chi connectivity index (χ1v) is 17.3. The lowest BCUT2D eigenvalue weighted by Gasteiger charge is -2.61. The molecule has 0 bridgehead atoms. The molecule has 3 aliphatic heterocycles. The summed E-state index contributed by atoms with van der Waals surface area (Å²) in [5, 5.41) is 65.2. The minimum Gasteiger partial charge on any atom is -0.394 e. The third-order valence-corrected chi connectivity index (χ3v) is 15.8. The molecule has 0 amide bonds.